The second kappa shape index (κ2) is 3.74. The first-order valence-corrected chi connectivity index (χ1v) is 5.92. The lowest BCUT2D eigenvalue weighted by molar-refractivity contribution is 0.475. The molecule has 1 aliphatic rings. The van der Waals surface area contributed by atoms with Gasteiger partial charge in [-0.25, -0.2) is 4.39 Å². The second-order valence-electron chi connectivity index (χ2n) is 4.65. The summed E-state index contributed by atoms with van der Waals surface area (Å²) >= 11 is 0. The quantitative estimate of drug-likeness (QED) is 0.856. The minimum Gasteiger partial charge on any atom is -0.507 e. The SMILES string of the molecule is NCCc1cn(C2CC2)c2cc(F)cc(O)c12. The lowest BCUT2D eigenvalue weighted by Gasteiger charge is -2.03. The van der Waals surface area contributed by atoms with Gasteiger partial charge in [0.1, 0.15) is 11.6 Å². The van der Waals surface area contributed by atoms with Gasteiger partial charge in [0.05, 0.1) is 5.52 Å². The third kappa shape index (κ3) is 1.69. The predicted molar refractivity (Wildman–Crippen MR) is 64.6 cm³/mol. The minimum atomic E-state index is -0.394. The molecule has 0 unspecified atom stereocenters. The molecule has 90 valence electrons. The van der Waals surface area contributed by atoms with Gasteiger partial charge < -0.3 is 15.4 Å². The predicted octanol–water partition coefficient (Wildman–Crippen LogP) is 2.32. The van der Waals surface area contributed by atoms with Crippen LogP contribution in [0.25, 0.3) is 10.9 Å². The average Bonchev–Trinajstić information content (AvgIpc) is 3.03. The van der Waals surface area contributed by atoms with E-state index in [9.17, 15) is 9.50 Å². The fraction of sp³-hybridized carbons (Fsp3) is 0.385. The molecule has 2 aromatic rings. The number of nitrogens with two attached hydrogens (primary N) is 1. The summed E-state index contributed by atoms with van der Waals surface area (Å²) in [6.07, 6.45) is 4.97. The number of fused-ring (bicyclic) bond motifs is 1. The summed E-state index contributed by atoms with van der Waals surface area (Å²) in [5.41, 5.74) is 7.36. The van der Waals surface area contributed by atoms with Crippen LogP contribution in [0.2, 0.25) is 0 Å². The van der Waals surface area contributed by atoms with Crippen LogP contribution in [0.5, 0.6) is 5.75 Å². The Balaban J connectivity index is 2.27. The molecule has 0 bridgehead atoms. The average molecular weight is 234 g/mol. The molecule has 0 aliphatic heterocycles. The summed E-state index contributed by atoms with van der Waals surface area (Å²) in [6, 6.07) is 3.12. The van der Waals surface area contributed by atoms with Crippen LogP contribution < -0.4 is 5.73 Å². The van der Waals surface area contributed by atoms with Crippen LogP contribution in [-0.4, -0.2) is 16.2 Å². The molecular formula is C13H15FN2O. The number of hydrogen-bond acceptors (Lipinski definition) is 2. The topological polar surface area (TPSA) is 51.2 Å². The van der Waals surface area contributed by atoms with E-state index < -0.39 is 5.82 Å². The molecule has 0 saturated heterocycles. The van der Waals surface area contributed by atoms with Gasteiger partial charge in [-0.2, -0.15) is 0 Å². The molecule has 1 saturated carbocycles. The third-order valence-electron chi connectivity index (χ3n) is 3.31. The highest BCUT2D eigenvalue weighted by Gasteiger charge is 2.26. The zero-order valence-electron chi connectivity index (χ0n) is 9.49. The maximum absolute atomic E-state index is 13.4. The number of benzene rings is 1. The highest BCUT2D eigenvalue weighted by molar-refractivity contribution is 5.90. The lowest BCUT2D eigenvalue weighted by atomic mass is 10.1. The molecular weight excluding hydrogens is 219 g/mol. The minimum absolute atomic E-state index is 0.0165. The number of aromatic nitrogens is 1. The summed E-state index contributed by atoms with van der Waals surface area (Å²) in [5, 5.41) is 10.6. The Kier molecular flexibility index (Phi) is 2.33. The second-order valence-corrected chi connectivity index (χ2v) is 4.65. The van der Waals surface area contributed by atoms with E-state index in [0.717, 1.165) is 29.3 Å². The van der Waals surface area contributed by atoms with E-state index in [4.69, 9.17) is 5.73 Å². The molecule has 1 aliphatic carbocycles. The Bertz CT molecular complexity index is 572. The van der Waals surface area contributed by atoms with E-state index in [1.54, 1.807) is 0 Å². The van der Waals surface area contributed by atoms with Crippen molar-refractivity contribution in [2.24, 2.45) is 5.73 Å². The number of halogens is 1. The summed E-state index contributed by atoms with van der Waals surface area (Å²) in [4.78, 5) is 0. The van der Waals surface area contributed by atoms with Gasteiger partial charge in [0.15, 0.2) is 0 Å². The van der Waals surface area contributed by atoms with Crippen LogP contribution in [0, 0.1) is 5.82 Å². The number of rotatable bonds is 3. The van der Waals surface area contributed by atoms with Crippen LogP contribution in [0.4, 0.5) is 4.39 Å². The van der Waals surface area contributed by atoms with Crippen LogP contribution in [0.1, 0.15) is 24.4 Å². The monoisotopic (exact) mass is 234 g/mol. The van der Waals surface area contributed by atoms with Crippen LogP contribution in [-0.2, 0) is 6.42 Å². The molecule has 1 aromatic carbocycles. The molecule has 0 amide bonds. The molecule has 3 N–H and O–H groups in total. The van der Waals surface area contributed by atoms with Gasteiger partial charge in [0.2, 0.25) is 0 Å². The Hall–Kier alpha value is -1.55. The van der Waals surface area contributed by atoms with Crippen molar-refractivity contribution >= 4 is 10.9 Å². The van der Waals surface area contributed by atoms with Crippen molar-refractivity contribution < 1.29 is 9.50 Å². The van der Waals surface area contributed by atoms with Crippen molar-refractivity contribution in [2.75, 3.05) is 6.54 Å². The standard InChI is InChI=1S/C13H15FN2O/c14-9-5-11-13(12(17)6-9)8(3-4-15)7-16(11)10-1-2-10/h5-7,10,17H,1-4,15H2. The summed E-state index contributed by atoms with van der Waals surface area (Å²) in [5.74, 6) is -0.378. The van der Waals surface area contributed by atoms with Crippen molar-refractivity contribution in [3.63, 3.8) is 0 Å². The van der Waals surface area contributed by atoms with E-state index in [1.165, 1.54) is 12.1 Å². The lowest BCUT2D eigenvalue weighted by Crippen LogP contribution is -2.02. The Morgan fingerprint density at radius 3 is 2.82 bits per heavy atom. The Morgan fingerprint density at radius 2 is 2.18 bits per heavy atom. The van der Waals surface area contributed by atoms with E-state index in [-0.39, 0.29) is 5.75 Å². The Morgan fingerprint density at radius 1 is 1.41 bits per heavy atom. The summed E-state index contributed by atoms with van der Waals surface area (Å²) < 4.78 is 15.4. The van der Waals surface area contributed by atoms with Gasteiger partial charge in [-0.05, 0) is 37.4 Å². The van der Waals surface area contributed by atoms with Crippen LogP contribution in [0.3, 0.4) is 0 Å². The van der Waals surface area contributed by atoms with Gasteiger partial charge in [0.25, 0.3) is 0 Å². The fourth-order valence-corrected chi connectivity index (χ4v) is 2.41. The van der Waals surface area contributed by atoms with E-state index in [1.807, 2.05) is 6.20 Å². The fourth-order valence-electron chi connectivity index (χ4n) is 2.41. The number of phenolic OH excluding ortho intramolecular Hbond substituents is 1. The van der Waals surface area contributed by atoms with E-state index >= 15 is 0 Å². The molecule has 0 atom stereocenters. The largest absolute Gasteiger partial charge is 0.507 e. The van der Waals surface area contributed by atoms with Crippen molar-refractivity contribution in [1.82, 2.24) is 4.57 Å². The molecule has 3 rings (SSSR count). The molecule has 1 heterocycles. The van der Waals surface area contributed by atoms with E-state index in [2.05, 4.69) is 4.57 Å². The third-order valence-corrected chi connectivity index (χ3v) is 3.31. The maximum Gasteiger partial charge on any atom is 0.129 e. The zero-order valence-corrected chi connectivity index (χ0v) is 9.49. The van der Waals surface area contributed by atoms with Crippen molar-refractivity contribution in [3.05, 3.63) is 29.7 Å². The molecule has 4 heteroatoms. The van der Waals surface area contributed by atoms with Crippen LogP contribution >= 0.6 is 0 Å². The number of phenols is 1. The van der Waals surface area contributed by atoms with Gasteiger partial charge in [-0.15, -0.1) is 0 Å². The smallest absolute Gasteiger partial charge is 0.129 e. The maximum atomic E-state index is 13.4. The molecule has 0 spiro atoms. The van der Waals surface area contributed by atoms with Gasteiger partial charge >= 0.3 is 0 Å². The molecule has 1 aromatic heterocycles. The number of nitrogens with zero attached hydrogens (tertiary/aromatic N) is 1. The van der Waals surface area contributed by atoms with Crippen molar-refractivity contribution in [1.29, 1.82) is 0 Å². The molecule has 1 fully saturated rings. The van der Waals surface area contributed by atoms with Crippen molar-refractivity contribution in [3.8, 4) is 5.75 Å². The molecule has 17 heavy (non-hydrogen) atoms. The Labute approximate surface area is 98.7 Å². The highest BCUT2D eigenvalue weighted by atomic mass is 19.1. The van der Waals surface area contributed by atoms with Crippen molar-refractivity contribution in [2.45, 2.75) is 25.3 Å². The van der Waals surface area contributed by atoms with Crippen LogP contribution in [0.15, 0.2) is 18.3 Å². The normalized spacial score (nSPS) is 15.6. The molecule has 0 radical (unpaired) electrons. The highest BCUT2D eigenvalue weighted by Crippen LogP contribution is 2.41. The number of hydrogen-bond donors (Lipinski definition) is 2. The summed E-state index contributed by atoms with van der Waals surface area (Å²) in [6.45, 7) is 0.528. The molecule has 3 nitrogen and oxygen atoms in total. The van der Waals surface area contributed by atoms with Gasteiger partial charge in [0, 0.05) is 23.7 Å². The van der Waals surface area contributed by atoms with E-state index in [0.29, 0.717) is 19.0 Å². The first kappa shape index (κ1) is 10.6. The van der Waals surface area contributed by atoms with Gasteiger partial charge in [-0.1, -0.05) is 0 Å². The zero-order chi connectivity index (χ0) is 12.0. The van der Waals surface area contributed by atoms with Gasteiger partial charge in [-0.3, -0.25) is 0 Å². The summed E-state index contributed by atoms with van der Waals surface area (Å²) in [7, 11) is 0. The first-order chi connectivity index (χ1) is 8.20. The number of aromatic hydroxyl groups is 1. The first-order valence-electron chi connectivity index (χ1n) is 5.92.